The van der Waals surface area contributed by atoms with Gasteiger partial charge in [0.25, 0.3) is 11.8 Å². The number of rotatable bonds is 3. The highest BCUT2D eigenvalue weighted by atomic mass is 35.5. The van der Waals surface area contributed by atoms with Gasteiger partial charge in [-0.15, -0.1) is 0 Å². The Bertz CT molecular complexity index is 1420. The normalized spacial score (nSPS) is 21.8. The molecule has 3 aromatic rings. The van der Waals surface area contributed by atoms with Crippen LogP contribution in [0, 0.1) is 5.41 Å². The topological polar surface area (TPSA) is 56.8 Å². The zero-order valence-electron chi connectivity index (χ0n) is 21.4. The van der Waals surface area contributed by atoms with Crippen LogP contribution in [0.5, 0.6) is 0 Å². The molecular formula is C31H31ClN4O2. The molecule has 0 N–H and O–H groups in total. The van der Waals surface area contributed by atoms with Crippen LogP contribution in [-0.2, 0) is 13.0 Å². The molecule has 6 nitrogen and oxygen atoms in total. The van der Waals surface area contributed by atoms with Crippen molar-refractivity contribution in [3.8, 4) is 0 Å². The molecule has 1 aliphatic carbocycles. The summed E-state index contributed by atoms with van der Waals surface area (Å²) in [7, 11) is 0. The van der Waals surface area contributed by atoms with Crippen molar-refractivity contribution >= 4 is 29.1 Å². The second kappa shape index (κ2) is 9.12. The maximum atomic E-state index is 13.8. The fraction of sp³-hybridized carbons (Fsp3) is 0.387. The summed E-state index contributed by atoms with van der Waals surface area (Å²) < 4.78 is 0. The smallest absolute Gasteiger partial charge is 0.256 e. The number of anilines is 1. The third-order valence-corrected chi connectivity index (χ3v) is 9.65. The van der Waals surface area contributed by atoms with E-state index in [9.17, 15) is 9.59 Å². The van der Waals surface area contributed by atoms with Crippen molar-refractivity contribution in [3.63, 3.8) is 0 Å². The van der Waals surface area contributed by atoms with E-state index in [1.807, 2.05) is 41.6 Å². The minimum Gasteiger partial charge on any atom is -0.371 e. The van der Waals surface area contributed by atoms with Crippen molar-refractivity contribution in [3.05, 3.63) is 93.8 Å². The minimum absolute atomic E-state index is 0.000211. The van der Waals surface area contributed by atoms with Crippen LogP contribution < -0.4 is 4.90 Å². The number of benzene rings is 2. The number of likely N-dealkylation sites (tertiary alicyclic amines) is 1. The third-order valence-electron chi connectivity index (χ3n) is 9.34. The van der Waals surface area contributed by atoms with E-state index >= 15 is 0 Å². The molecule has 1 unspecified atom stereocenters. The van der Waals surface area contributed by atoms with Crippen LogP contribution in [0.3, 0.4) is 0 Å². The number of aromatic nitrogens is 1. The molecule has 2 aromatic carbocycles. The Morgan fingerprint density at radius 1 is 0.974 bits per heavy atom. The molecule has 1 aromatic heterocycles. The van der Waals surface area contributed by atoms with E-state index in [0.29, 0.717) is 17.1 Å². The number of amides is 2. The van der Waals surface area contributed by atoms with Crippen molar-refractivity contribution in [1.29, 1.82) is 0 Å². The summed E-state index contributed by atoms with van der Waals surface area (Å²) in [6, 6.07) is 15.9. The molecular weight excluding hydrogens is 496 g/mol. The molecule has 0 radical (unpaired) electrons. The monoisotopic (exact) mass is 526 g/mol. The Morgan fingerprint density at radius 2 is 1.74 bits per heavy atom. The van der Waals surface area contributed by atoms with Gasteiger partial charge in [-0.1, -0.05) is 35.9 Å². The van der Waals surface area contributed by atoms with Crippen molar-refractivity contribution in [2.45, 2.75) is 44.7 Å². The van der Waals surface area contributed by atoms with Crippen molar-refractivity contribution in [2.24, 2.45) is 5.41 Å². The number of halogens is 1. The zero-order chi connectivity index (χ0) is 25.9. The molecule has 38 heavy (non-hydrogen) atoms. The highest BCUT2D eigenvalue weighted by Crippen LogP contribution is 2.44. The number of fused-ring (bicyclic) bond motifs is 2. The average molecular weight is 527 g/mol. The van der Waals surface area contributed by atoms with Crippen LogP contribution in [-0.4, -0.2) is 52.8 Å². The number of hydrogen-bond acceptors (Lipinski definition) is 4. The lowest BCUT2D eigenvalue weighted by atomic mass is 9.77. The molecule has 7 heteroatoms. The highest BCUT2D eigenvalue weighted by Gasteiger charge is 2.44. The maximum Gasteiger partial charge on any atom is 0.256 e. The molecule has 3 aliphatic heterocycles. The summed E-state index contributed by atoms with van der Waals surface area (Å²) in [6.45, 7) is 4.26. The predicted molar refractivity (Wildman–Crippen MR) is 147 cm³/mol. The van der Waals surface area contributed by atoms with Crippen LogP contribution in [0.4, 0.5) is 5.69 Å². The summed E-state index contributed by atoms with van der Waals surface area (Å²) >= 11 is 6.37. The van der Waals surface area contributed by atoms with Crippen LogP contribution >= 0.6 is 11.6 Å². The second-order valence-electron chi connectivity index (χ2n) is 11.3. The number of carbonyl (C=O) groups excluding carboxylic acids is 2. The molecule has 2 amide bonds. The highest BCUT2D eigenvalue weighted by molar-refractivity contribution is 6.34. The van der Waals surface area contributed by atoms with Crippen molar-refractivity contribution in [1.82, 2.24) is 14.8 Å². The van der Waals surface area contributed by atoms with Crippen molar-refractivity contribution < 1.29 is 9.59 Å². The molecule has 194 valence electrons. The Morgan fingerprint density at radius 3 is 2.53 bits per heavy atom. The fourth-order valence-corrected chi connectivity index (χ4v) is 7.50. The van der Waals surface area contributed by atoms with E-state index in [4.69, 9.17) is 11.6 Å². The molecule has 0 saturated carbocycles. The van der Waals surface area contributed by atoms with Crippen LogP contribution in [0.15, 0.2) is 60.9 Å². The van der Waals surface area contributed by atoms with Gasteiger partial charge in [-0.2, -0.15) is 0 Å². The molecule has 4 heterocycles. The van der Waals surface area contributed by atoms with E-state index in [2.05, 4.69) is 33.0 Å². The minimum atomic E-state index is -0.0175. The molecule has 4 aliphatic rings. The Labute approximate surface area is 228 Å². The lowest BCUT2D eigenvalue weighted by molar-refractivity contribution is 0.0701. The SMILES string of the molecule is O=C(c1cccc2c1CCC2N1Cc2cccc(Cl)c2C1=O)N1CCC2(CCN(c3ccncc3)CC2)C1. The molecule has 1 spiro atoms. The number of piperidine rings is 1. The first kappa shape index (κ1) is 23.7. The van der Waals surface area contributed by atoms with E-state index in [-0.39, 0.29) is 23.3 Å². The summed E-state index contributed by atoms with van der Waals surface area (Å²) in [5.41, 5.74) is 6.12. The first-order chi connectivity index (χ1) is 18.5. The average Bonchev–Trinajstić information content (AvgIpc) is 3.65. The fourth-order valence-electron chi connectivity index (χ4n) is 7.23. The zero-order valence-corrected chi connectivity index (χ0v) is 22.2. The van der Waals surface area contributed by atoms with E-state index in [1.54, 1.807) is 6.07 Å². The summed E-state index contributed by atoms with van der Waals surface area (Å²) in [4.78, 5) is 37.7. The maximum absolute atomic E-state index is 13.8. The Balaban J connectivity index is 1.07. The lowest BCUT2D eigenvalue weighted by Crippen LogP contribution is -2.42. The van der Waals surface area contributed by atoms with E-state index < -0.39 is 0 Å². The van der Waals surface area contributed by atoms with Gasteiger partial charge in [0.15, 0.2) is 0 Å². The predicted octanol–water partition coefficient (Wildman–Crippen LogP) is 5.51. The second-order valence-corrected chi connectivity index (χ2v) is 11.7. The van der Waals surface area contributed by atoms with Gasteiger partial charge in [-0.05, 0) is 78.5 Å². The summed E-state index contributed by atoms with van der Waals surface area (Å²) in [5, 5.41) is 0.520. The van der Waals surface area contributed by atoms with E-state index in [1.165, 1.54) is 5.69 Å². The molecule has 0 bridgehead atoms. The van der Waals surface area contributed by atoms with Gasteiger partial charge in [-0.3, -0.25) is 14.6 Å². The van der Waals surface area contributed by atoms with Crippen LogP contribution in [0.2, 0.25) is 5.02 Å². The standard InChI is InChI=1S/C31H31ClN4O2/c32-26-6-1-3-21-19-36(30(38)28(21)26)27-8-7-23-24(27)4-2-5-25(23)29(37)35-18-13-31(20-35)11-16-34(17-12-31)22-9-14-33-15-10-22/h1-6,9-10,14-15,27H,7-8,11-13,16-20H2. The Kier molecular flexibility index (Phi) is 5.69. The number of nitrogens with zero attached hydrogens (tertiary/aromatic N) is 4. The third kappa shape index (κ3) is 3.80. The number of hydrogen-bond donors (Lipinski definition) is 0. The summed E-state index contributed by atoms with van der Waals surface area (Å²) in [5.74, 6) is 0.148. The van der Waals surface area contributed by atoms with Gasteiger partial charge < -0.3 is 14.7 Å². The molecule has 2 saturated heterocycles. The first-order valence-corrected chi connectivity index (χ1v) is 14.1. The largest absolute Gasteiger partial charge is 0.371 e. The quantitative estimate of drug-likeness (QED) is 0.451. The van der Waals surface area contributed by atoms with Gasteiger partial charge in [0.1, 0.15) is 0 Å². The molecule has 2 fully saturated rings. The van der Waals surface area contributed by atoms with Gasteiger partial charge in [0, 0.05) is 56.4 Å². The van der Waals surface area contributed by atoms with Gasteiger partial charge in [0.05, 0.1) is 16.6 Å². The van der Waals surface area contributed by atoms with E-state index in [0.717, 1.165) is 80.5 Å². The van der Waals surface area contributed by atoms with Gasteiger partial charge in [0.2, 0.25) is 0 Å². The van der Waals surface area contributed by atoms with Crippen molar-refractivity contribution in [2.75, 3.05) is 31.1 Å². The number of carbonyl (C=O) groups is 2. The Hall–Kier alpha value is -3.38. The summed E-state index contributed by atoms with van der Waals surface area (Å²) in [6.07, 6.45) is 8.64. The number of pyridine rings is 1. The van der Waals surface area contributed by atoms with Gasteiger partial charge >= 0.3 is 0 Å². The first-order valence-electron chi connectivity index (χ1n) is 13.7. The van der Waals surface area contributed by atoms with Crippen LogP contribution in [0.25, 0.3) is 0 Å². The molecule has 1 atom stereocenters. The van der Waals surface area contributed by atoms with Gasteiger partial charge in [-0.25, -0.2) is 0 Å². The molecule has 7 rings (SSSR count). The van der Waals surface area contributed by atoms with Crippen LogP contribution in [0.1, 0.15) is 69.1 Å². The lowest BCUT2D eigenvalue weighted by Gasteiger charge is -2.40.